The molecule has 0 spiro atoms. The van der Waals surface area contributed by atoms with Gasteiger partial charge in [-0.25, -0.2) is 9.97 Å². The highest BCUT2D eigenvalue weighted by Gasteiger charge is 2.21. The first-order valence-electron chi connectivity index (χ1n) is 9.08. The van der Waals surface area contributed by atoms with Gasteiger partial charge in [0.2, 0.25) is 5.91 Å². The zero-order chi connectivity index (χ0) is 19.6. The first kappa shape index (κ1) is 18.8. The van der Waals surface area contributed by atoms with E-state index in [0.717, 1.165) is 22.6 Å². The van der Waals surface area contributed by atoms with Gasteiger partial charge in [0.05, 0.1) is 0 Å². The van der Waals surface area contributed by atoms with Gasteiger partial charge in [-0.1, -0.05) is 17.7 Å². The molecule has 2 amide bonds. The third-order valence-electron chi connectivity index (χ3n) is 4.74. The van der Waals surface area contributed by atoms with Crippen LogP contribution in [0.5, 0.6) is 0 Å². The second kappa shape index (κ2) is 7.73. The van der Waals surface area contributed by atoms with Crippen LogP contribution in [0.3, 0.4) is 0 Å². The van der Waals surface area contributed by atoms with Gasteiger partial charge in [0.25, 0.3) is 5.91 Å². The summed E-state index contributed by atoms with van der Waals surface area (Å²) in [7, 11) is 0. The third-order valence-corrected chi connectivity index (χ3v) is 4.74. The van der Waals surface area contributed by atoms with Crippen molar-refractivity contribution in [2.45, 2.75) is 27.7 Å². The zero-order valence-electron chi connectivity index (χ0n) is 16.2. The summed E-state index contributed by atoms with van der Waals surface area (Å²) in [6.07, 6.45) is 0. The first-order chi connectivity index (χ1) is 12.8. The maximum Gasteiger partial charge on any atom is 0.274 e. The minimum Gasteiger partial charge on any atom is -0.353 e. The van der Waals surface area contributed by atoms with E-state index in [1.165, 1.54) is 0 Å². The third kappa shape index (κ3) is 4.42. The predicted molar refractivity (Wildman–Crippen MR) is 105 cm³/mol. The van der Waals surface area contributed by atoms with E-state index in [-0.39, 0.29) is 11.8 Å². The summed E-state index contributed by atoms with van der Waals surface area (Å²) < 4.78 is 0. The molecule has 1 N–H and O–H groups in total. The summed E-state index contributed by atoms with van der Waals surface area (Å²) in [5.74, 6) is 1.10. The Kier molecular flexibility index (Phi) is 5.39. The molecule has 3 rings (SSSR count). The number of benzene rings is 1. The molecule has 2 aromatic rings. The molecule has 0 atom stereocenters. The molecule has 27 heavy (non-hydrogen) atoms. The second-order valence-electron chi connectivity index (χ2n) is 6.92. The van der Waals surface area contributed by atoms with Crippen LogP contribution < -0.4 is 10.2 Å². The molecule has 0 aliphatic carbocycles. The number of amides is 2. The lowest BCUT2D eigenvalue weighted by Gasteiger charge is -2.35. The maximum absolute atomic E-state index is 12.7. The van der Waals surface area contributed by atoms with Crippen LogP contribution in [0.4, 0.5) is 11.5 Å². The number of carbonyl (C=O) groups excluding carboxylic acids is 2. The van der Waals surface area contributed by atoms with Crippen molar-refractivity contribution in [2.75, 3.05) is 36.4 Å². The zero-order valence-corrected chi connectivity index (χ0v) is 16.2. The number of aryl methyl sites for hydroxylation is 3. The van der Waals surface area contributed by atoms with E-state index in [9.17, 15) is 9.59 Å². The predicted octanol–water partition coefficient (Wildman–Crippen LogP) is 2.32. The van der Waals surface area contributed by atoms with E-state index in [1.54, 1.807) is 19.9 Å². The summed E-state index contributed by atoms with van der Waals surface area (Å²) >= 11 is 0. The number of hydrogen-bond acceptors (Lipinski definition) is 5. The highest BCUT2D eigenvalue weighted by atomic mass is 16.2. The van der Waals surface area contributed by atoms with Crippen LogP contribution in [-0.4, -0.2) is 52.9 Å². The lowest BCUT2D eigenvalue weighted by molar-refractivity contribution is -0.129. The van der Waals surface area contributed by atoms with Gasteiger partial charge in [-0.05, 0) is 32.4 Å². The summed E-state index contributed by atoms with van der Waals surface area (Å²) in [5.41, 5.74) is 3.27. The average molecular weight is 367 g/mol. The number of aromatic nitrogens is 2. The smallest absolute Gasteiger partial charge is 0.274 e. The molecule has 0 unspecified atom stereocenters. The van der Waals surface area contributed by atoms with Gasteiger partial charge in [-0.3, -0.25) is 9.59 Å². The fourth-order valence-corrected chi connectivity index (χ4v) is 3.22. The van der Waals surface area contributed by atoms with Crippen molar-refractivity contribution in [3.63, 3.8) is 0 Å². The molecule has 2 heterocycles. The standard InChI is InChI=1S/C20H25N5O2/c1-13-5-6-17(14(2)11-13)23-20(27)18-12-19(22-15(3)21-18)25-9-7-24(8-10-25)16(4)26/h5-6,11-12H,7-10H2,1-4H3,(H,23,27). The quantitative estimate of drug-likeness (QED) is 0.901. The van der Waals surface area contributed by atoms with Crippen molar-refractivity contribution in [1.82, 2.24) is 14.9 Å². The van der Waals surface area contributed by atoms with Gasteiger partial charge >= 0.3 is 0 Å². The monoisotopic (exact) mass is 367 g/mol. The van der Waals surface area contributed by atoms with E-state index >= 15 is 0 Å². The Bertz CT molecular complexity index is 873. The lowest BCUT2D eigenvalue weighted by Crippen LogP contribution is -2.48. The summed E-state index contributed by atoms with van der Waals surface area (Å²) in [6, 6.07) is 7.61. The number of nitrogens with one attached hydrogen (secondary N) is 1. The van der Waals surface area contributed by atoms with Crippen LogP contribution in [0.1, 0.15) is 34.4 Å². The van der Waals surface area contributed by atoms with Gasteiger partial charge in [0.1, 0.15) is 17.3 Å². The number of nitrogens with zero attached hydrogens (tertiary/aromatic N) is 4. The normalized spacial score (nSPS) is 14.2. The molecule has 0 bridgehead atoms. The van der Waals surface area contributed by atoms with Crippen LogP contribution >= 0.6 is 0 Å². The topological polar surface area (TPSA) is 78.4 Å². The molecule has 1 aromatic heterocycles. The van der Waals surface area contributed by atoms with Crippen LogP contribution in [0.2, 0.25) is 0 Å². The van der Waals surface area contributed by atoms with Crippen molar-refractivity contribution < 1.29 is 9.59 Å². The molecule has 7 nitrogen and oxygen atoms in total. The van der Waals surface area contributed by atoms with Crippen LogP contribution in [0.25, 0.3) is 0 Å². The Balaban J connectivity index is 1.77. The number of carbonyl (C=O) groups is 2. The van der Waals surface area contributed by atoms with E-state index in [0.29, 0.717) is 37.7 Å². The fourth-order valence-electron chi connectivity index (χ4n) is 3.22. The molecule has 7 heteroatoms. The van der Waals surface area contributed by atoms with Gasteiger partial charge in [0.15, 0.2) is 0 Å². The summed E-state index contributed by atoms with van der Waals surface area (Å²) in [5, 5.41) is 2.93. The van der Waals surface area contributed by atoms with Crippen LogP contribution in [-0.2, 0) is 4.79 Å². The van der Waals surface area contributed by atoms with E-state index in [1.807, 2.05) is 36.9 Å². The first-order valence-corrected chi connectivity index (χ1v) is 9.08. The van der Waals surface area contributed by atoms with E-state index < -0.39 is 0 Å². The lowest BCUT2D eigenvalue weighted by atomic mass is 10.1. The van der Waals surface area contributed by atoms with Crippen molar-refractivity contribution in [3.05, 3.63) is 46.9 Å². The number of hydrogen-bond donors (Lipinski definition) is 1. The Hall–Kier alpha value is -2.96. The van der Waals surface area contributed by atoms with Crippen LogP contribution in [0.15, 0.2) is 24.3 Å². The number of anilines is 2. The fraction of sp³-hybridized carbons (Fsp3) is 0.400. The highest BCUT2D eigenvalue weighted by Crippen LogP contribution is 2.19. The Morgan fingerprint density at radius 3 is 2.33 bits per heavy atom. The summed E-state index contributed by atoms with van der Waals surface area (Å²) in [4.78, 5) is 36.9. The Morgan fingerprint density at radius 1 is 1.00 bits per heavy atom. The van der Waals surface area contributed by atoms with Gasteiger partial charge in [-0.2, -0.15) is 0 Å². The molecule has 1 fully saturated rings. The van der Waals surface area contributed by atoms with Gasteiger partial charge < -0.3 is 15.1 Å². The average Bonchev–Trinajstić information content (AvgIpc) is 2.63. The SMILES string of the molecule is CC(=O)N1CCN(c2cc(C(=O)Nc3ccc(C)cc3C)nc(C)n2)CC1. The molecule has 1 aliphatic heterocycles. The molecule has 142 valence electrons. The van der Waals surface area contributed by atoms with Crippen molar-refractivity contribution in [1.29, 1.82) is 0 Å². The van der Waals surface area contributed by atoms with Crippen molar-refractivity contribution in [3.8, 4) is 0 Å². The molecular weight excluding hydrogens is 342 g/mol. The maximum atomic E-state index is 12.7. The summed E-state index contributed by atoms with van der Waals surface area (Å²) in [6.45, 7) is 10.0. The molecule has 0 radical (unpaired) electrons. The number of piperazine rings is 1. The molecule has 1 aliphatic rings. The van der Waals surface area contributed by atoms with Gasteiger partial charge in [-0.15, -0.1) is 0 Å². The van der Waals surface area contributed by atoms with Crippen molar-refractivity contribution in [2.24, 2.45) is 0 Å². The van der Waals surface area contributed by atoms with Crippen molar-refractivity contribution >= 4 is 23.3 Å². The molecular formula is C20H25N5O2. The number of rotatable bonds is 3. The van der Waals surface area contributed by atoms with E-state index in [4.69, 9.17) is 0 Å². The van der Waals surface area contributed by atoms with Gasteiger partial charge in [0, 0.05) is 44.9 Å². The second-order valence-corrected chi connectivity index (χ2v) is 6.92. The molecule has 0 saturated carbocycles. The Labute approximate surface area is 159 Å². The minimum absolute atomic E-state index is 0.0852. The Morgan fingerprint density at radius 2 is 1.70 bits per heavy atom. The largest absolute Gasteiger partial charge is 0.353 e. The van der Waals surface area contributed by atoms with Crippen LogP contribution in [0, 0.1) is 20.8 Å². The highest BCUT2D eigenvalue weighted by molar-refractivity contribution is 6.03. The minimum atomic E-state index is -0.254. The molecule has 1 aromatic carbocycles. The van der Waals surface area contributed by atoms with E-state index in [2.05, 4.69) is 20.2 Å². The molecule has 1 saturated heterocycles.